The number of hydrogen-bond donors (Lipinski definition) is 2. The van der Waals surface area contributed by atoms with Gasteiger partial charge in [-0.25, -0.2) is 27.9 Å². The predicted octanol–water partition coefficient (Wildman–Crippen LogP) is 0.345. The average molecular weight is 310 g/mol. The highest BCUT2D eigenvalue weighted by atomic mass is 32.2. The molecular formula is C12H14N4O4S. The molecule has 21 heavy (non-hydrogen) atoms. The molecule has 9 heteroatoms. The van der Waals surface area contributed by atoms with Crippen molar-refractivity contribution >= 4 is 16.0 Å². The second kappa shape index (κ2) is 6.46. The van der Waals surface area contributed by atoms with Crippen molar-refractivity contribution in [3.8, 4) is 0 Å². The molecule has 0 aromatic carbocycles. The van der Waals surface area contributed by atoms with Crippen LogP contribution in [0.4, 0.5) is 0 Å². The van der Waals surface area contributed by atoms with Gasteiger partial charge in [0, 0.05) is 31.7 Å². The molecule has 0 aliphatic rings. The van der Waals surface area contributed by atoms with Crippen LogP contribution in [0.2, 0.25) is 0 Å². The third-order valence-electron chi connectivity index (χ3n) is 2.70. The summed E-state index contributed by atoms with van der Waals surface area (Å²) in [5, 5.41) is 8.53. The highest BCUT2D eigenvalue weighted by Crippen LogP contribution is 2.06. The normalized spacial score (nSPS) is 11.4. The van der Waals surface area contributed by atoms with Crippen LogP contribution in [0, 0.1) is 0 Å². The van der Waals surface area contributed by atoms with Crippen LogP contribution >= 0.6 is 0 Å². The van der Waals surface area contributed by atoms with Crippen molar-refractivity contribution in [2.45, 2.75) is 18.0 Å². The Morgan fingerprint density at radius 1 is 1.38 bits per heavy atom. The van der Waals surface area contributed by atoms with Crippen LogP contribution in [0.1, 0.15) is 16.8 Å². The van der Waals surface area contributed by atoms with Crippen LogP contribution in [0.5, 0.6) is 0 Å². The summed E-state index contributed by atoms with van der Waals surface area (Å²) in [6.07, 6.45) is 6.71. The summed E-state index contributed by atoms with van der Waals surface area (Å²) in [6.45, 7) is 0.900. The third kappa shape index (κ3) is 4.10. The Morgan fingerprint density at radius 3 is 2.76 bits per heavy atom. The zero-order valence-corrected chi connectivity index (χ0v) is 11.8. The number of carbonyl (C=O) groups is 1. The third-order valence-corrected chi connectivity index (χ3v) is 4.08. The minimum atomic E-state index is -3.72. The Hall–Kier alpha value is -2.26. The molecule has 0 spiro atoms. The Morgan fingerprint density at radius 2 is 2.19 bits per heavy atom. The van der Waals surface area contributed by atoms with Gasteiger partial charge in [-0.1, -0.05) is 0 Å². The molecule has 0 aliphatic heterocycles. The first-order valence-corrected chi connectivity index (χ1v) is 7.62. The van der Waals surface area contributed by atoms with E-state index in [0.717, 1.165) is 6.20 Å². The maximum atomic E-state index is 11.9. The van der Waals surface area contributed by atoms with E-state index in [9.17, 15) is 13.2 Å². The molecule has 8 nitrogen and oxygen atoms in total. The summed E-state index contributed by atoms with van der Waals surface area (Å²) in [7, 11) is -3.72. The number of nitrogens with one attached hydrogen (secondary N) is 1. The topological polar surface area (TPSA) is 114 Å². The minimum absolute atomic E-state index is 0.0611. The number of aromatic nitrogens is 3. The van der Waals surface area contributed by atoms with Crippen molar-refractivity contribution in [1.82, 2.24) is 19.3 Å². The van der Waals surface area contributed by atoms with E-state index >= 15 is 0 Å². The standard InChI is InChI=1S/C12H14N4O4S/c17-12(18)10-2-3-11(14-8-10)21(19,20)15-4-1-6-16-7-5-13-9-16/h2-3,5,7-9,15H,1,4,6H2,(H,17,18). The van der Waals surface area contributed by atoms with Crippen LogP contribution in [0.15, 0.2) is 42.1 Å². The lowest BCUT2D eigenvalue weighted by atomic mass is 10.3. The van der Waals surface area contributed by atoms with Gasteiger partial charge in [0.05, 0.1) is 11.9 Å². The average Bonchev–Trinajstić information content (AvgIpc) is 2.97. The van der Waals surface area contributed by atoms with Crippen molar-refractivity contribution < 1.29 is 18.3 Å². The van der Waals surface area contributed by atoms with Crippen LogP contribution in [-0.4, -0.2) is 40.6 Å². The molecule has 0 amide bonds. The van der Waals surface area contributed by atoms with Crippen molar-refractivity contribution in [1.29, 1.82) is 0 Å². The van der Waals surface area contributed by atoms with Crippen LogP contribution in [0.3, 0.4) is 0 Å². The zero-order chi connectivity index (χ0) is 15.3. The molecule has 112 valence electrons. The van der Waals surface area contributed by atoms with E-state index < -0.39 is 16.0 Å². The van der Waals surface area contributed by atoms with Crippen molar-refractivity contribution in [3.05, 3.63) is 42.6 Å². The molecule has 2 aromatic rings. The molecule has 0 atom stereocenters. The minimum Gasteiger partial charge on any atom is -0.478 e. The van der Waals surface area contributed by atoms with Crippen molar-refractivity contribution in [2.24, 2.45) is 0 Å². The number of pyridine rings is 1. The summed E-state index contributed by atoms with van der Waals surface area (Å²) in [5.74, 6) is -1.15. The predicted molar refractivity (Wildman–Crippen MR) is 73.2 cm³/mol. The number of sulfonamides is 1. The Balaban J connectivity index is 1.90. The van der Waals surface area contributed by atoms with E-state index in [0.29, 0.717) is 13.0 Å². The number of hydrogen-bond acceptors (Lipinski definition) is 5. The fourth-order valence-corrected chi connectivity index (χ4v) is 2.63. The van der Waals surface area contributed by atoms with Gasteiger partial charge in [0.15, 0.2) is 5.03 Å². The lowest BCUT2D eigenvalue weighted by Gasteiger charge is -2.06. The number of aromatic carboxylic acids is 1. The first-order chi connectivity index (χ1) is 9.99. The molecule has 0 fully saturated rings. The van der Waals surface area contributed by atoms with Gasteiger partial charge in [-0.3, -0.25) is 0 Å². The van der Waals surface area contributed by atoms with Gasteiger partial charge in [-0.15, -0.1) is 0 Å². The molecule has 0 saturated carbocycles. The van der Waals surface area contributed by atoms with Gasteiger partial charge >= 0.3 is 5.97 Å². The number of aryl methyl sites for hydroxylation is 1. The smallest absolute Gasteiger partial charge is 0.337 e. The first kappa shape index (κ1) is 15.1. The second-order valence-electron chi connectivity index (χ2n) is 4.24. The molecule has 2 rings (SSSR count). The number of carboxylic acids is 1. The molecule has 0 unspecified atom stereocenters. The second-order valence-corrected chi connectivity index (χ2v) is 5.96. The summed E-state index contributed by atoms with van der Waals surface area (Å²) in [4.78, 5) is 18.2. The molecule has 2 heterocycles. The van der Waals surface area contributed by atoms with Gasteiger partial charge in [0.25, 0.3) is 10.0 Å². The van der Waals surface area contributed by atoms with E-state index in [1.165, 1.54) is 12.1 Å². The molecule has 2 aromatic heterocycles. The molecule has 0 aliphatic carbocycles. The van der Waals surface area contributed by atoms with Crippen LogP contribution in [-0.2, 0) is 16.6 Å². The lowest BCUT2D eigenvalue weighted by Crippen LogP contribution is -2.26. The quantitative estimate of drug-likeness (QED) is 0.713. The van der Waals surface area contributed by atoms with Gasteiger partial charge in [0.2, 0.25) is 0 Å². The number of carboxylic acid groups (broad SMARTS) is 1. The molecular weight excluding hydrogens is 296 g/mol. The van der Waals surface area contributed by atoms with Crippen molar-refractivity contribution in [3.63, 3.8) is 0 Å². The Bertz CT molecular complexity index is 695. The number of imidazole rings is 1. The summed E-state index contributed by atoms with van der Waals surface area (Å²) in [6, 6.07) is 2.37. The largest absolute Gasteiger partial charge is 0.478 e. The fourth-order valence-electron chi connectivity index (χ4n) is 1.63. The maximum Gasteiger partial charge on any atom is 0.337 e. The van der Waals surface area contributed by atoms with Gasteiger partial charge in [-0.05, 0) is 18.6 Å². The fraction of sp³-hybridized carbons (Fsp3) is 0.250. The van der Waals surface area contributed by atoms with E-state index in [-0.39, 0.29) is 17.1 Å². The zero-order valence-electron chi connectivity index (χ0n) is 11.0. The summed E-state index contributed by atoms with van der Waals surface area (Å²) >= 11 is 0. The SMILES string of the molecule is O=C(O)c1ccc(S(=O)(=O)NCCCn2ccnc2)nc1. The van der Waals surface area contributed by atoms with Gasteiger partial charge in [-0.2, -0.15) is 0 Å². The number of rotatable bonds is 7. The highest BCUT2D eigenvalue weighted by molar-refractivity contribution is 7.89. The molecule has 0 radical (unpaired) electrons. The summed E-state index contributed by atoms with van der Waals surface area (Å²) in [5.41, 5.74) is -0.0611. The lowest BCUT2D eigenvalue weighted by molar-refractivity contribution is 0.0696. The van der Waals surface area contributed by atoms with E-state index in [1.807, 2.05) is 4.57 Å². The summed E-state index contributed by atoms with van der Waals surface area (Å²) < 4.78 is 28.1. The molecule has 0 saturated heterocycles. The van der Waals surface area contributed by atoms with Crippen LogP contribution in [0.25, 0.3) is 0 Å². The Labute approximate surface area is 121 Å². The first-order valence-electron chi connectivity index (χ1n) is 6.14. The van der Waals surface area contributed by atoms with E-state index in [2.05, 4.69) is 14.7 Å². The van der Waals surface area contributed by atoms with Gasteiger partial charge < -0.3 is 9.67 Å². The maximum absolute atomic E-state index is 11.9. The van der Waals surface area contributed by atoms with Crippen molar-refractivity contribution in [2.75, 3.05) is 6.54 Å². The highest BCUT2D eigenvalue weighted by Gasteiger charge is 2.15. The van der Waals surface area contributed by atoms with Crippen LogP contribution < -0.4 is 4.72 Å². The van der Waals surface area contributed by atoms with E-state index in [4.69, 9.17) is 5.11 Å². The Kier molecular flexibility index (Phi) is 4.66. The van der Waals surface area contributed by atoms with Gasteiger partial charge in [0.1, 0.15) is 0 Å². The van der Waals surface area contributed by atoms with E-state index in [1.54, 1.807) is 18.7 Å². The molecule has 0 bridgehead atoms. The monoisotopic (exact) mass is 310 g/mol. The number of nitrogens with zero attached hydrogens (tertiary/aromatic N) is 3. The molecule has 2 N–H and O–H groups in total.